The number of nitrogens with zero attached hydrogens (tertiary/aromatic N) is 2. The SMILES string of the molecule is Cc1cc(C#N)cc(NCc2cc3c(s2)CCC3)n1. The van der Waals surface area contributed by atoms with Gasteiger partial charge in [0.1, 0.15) is 5.82 Å². The third-order valence-corrected chi connectivity index (χ3v) is 4.56. The van der Waals surface area contributed by atoms with Gasteiger partial charge in [0.25, 0.3) is 0 Å². The molecule has 0 aromatic carbocycles. The van der Waals surface area contributed by atoms with Crippen molar-refractivity contribution >= 4 is 17.2 Å². The van der Waals surface area contributed by atoms with Crippen molar-refractivity contribution in [1.29, 1.82) is 5.26 Å². The Labute approximate surface area is 116 Å². The first-order chi connectivity index (χ1) is 9.24. The van der Waals surface area contributed by atoms with Crippen LogP contribution in [0.5, 0.6) is 0 Å². The first-order valence-corrected chi connectivity index (χ1v) is 7.29. The summed E-state index contributed by atoms with van der Waals surface area (Å²) in [6, 6.07) is 8.06. The summed E-state index contributed by atoms with van der Waals surface area (Å²) in [7, 11) is 0. The Bertz CT molecular complexity index is 630. The molecule has 0 unspecified atom stereocenters. The van der Waals surface area contributed by atoms with E-state index < -0.39 is 0 Å². The number of hydrogen-bond acceptors (Lipinski definition) is 4. The molecule has 0 bridgehead atoms. The lowest BCUT2D eigenvalue weighted by Gasteiger charge is -2.05. The van der Waals surface area contributed by atoms with Crippen molar-refractivity contribution in [3.05, 3.63) is 44.8 Å². The molecule has 19 heavy (non-hydrogen) atoms. The van der Waals surface area contributed by atoms with E-state index in [-0.39, 0.29) is 0 Å². The number of fused-ring (bicyclic) bond motifs is 1. The molecule has 0 amide bonds. The van der Waals surface area contributed by atoms with Crippen molar-refractivity contribution in [3.63, 3.8) is 0 Å². The molecule has 0 saturated carbocycles. The van der Waals surface area contributed by atoms with Crippen molar-refractivity contribution in [2.45, 2.75) is 32.7 Å². The number of aryl methyl sites for hydroxylation is 3. The predicted octanol–water partition coefficient (Wildman–Crippen LogP) is 3.42. The molecule has 0 radical (unpaired) electrons. The van der Waals surface area contributed by atoms with Crippen molar-refractivity contribution in [2.24, 2.45) is 0 Å². The van der Waals surface area contributed by atoms with Crippen LogP contribution in [0.4, 0.5) is 5.82 Å². The number of thiophene rings is 1. The number of pyridine rings is 1. The minimum Gasteiger partial charge on any atom is -0.365 e. The van der Waals surface area contributed by atoms with Gasteiger partial charge in [0, 0.05) is 15.4 Å². The highest BCUT2D eigenvalue weighted by molar-refractivity contribution is 7.12. The second-order valence-electron chi connectivity index (χ2n) is 4.86. The van der Waals surface area contributed by atoms with Crippen molar-refractivity contribution in [3.8, 4) is 6.07 Å². The molecule has 3 rings (SSSR count). The lowest BCUT2D eigenvalue weighted by atomic mass is 10.2. The minimum absolute atomic E-state index is 0.656. The number of rotatable bonds is 3. The fourth-order valence-corrected chi connectivity index (χ4v) is 3.68. The summed E-state index contributed by atoms with van der Waals surface area (Å²) in [4.78, 5) is 7.30. The fraction of sp³-hybridized carbons (Fsp3) is 0.333. The van der Waals surface area contributed by atoms with E-state index >= 15 is 0 Å². The van der Waals surface area contributed by atoms with E-state index in [4.69, 9.17) is 5.26 Å². The van der Waals surface area contributed by atoms with E-state index in [0.29, 0.717) is 5.56 Å². The van der Waals surface area contributed by atoms with Crippen LogP contribution in [0, 0.1) is 18.3 Å². The van der Waals surface area contributed by atoms with E-state index in [0.717, 1.165) is 18.1 Å². The maximum Gasteiger partial charge on any atom is 0.127 e. The molecule has 0 atom stereocenters. The van der Waals surface area contributed by atoms with Crippen molar-refractivity contribution in [2.75, 3.05) is 5.32 Å². The first-order valence-electron chi connectivity index (χ1n) is 6.48. The number of anilines is 1. The molecular formula is C15H15N3S. The quantitative estimate of drug-likeness (QED) is 0.928. The molecular weight excluding hydrogens is 254 g/mol. The third-order valence-electron chi connectivity index (χ3n) is 3.32. The average Bonchev–Trinajstić information content (AvgIpc) is 2.96. The van der Waals surface area contributed by atoms with Gasteiger partial charge >= 0.3 is 0 Å². The molecule has 1 N–H and O–H groups in total. The van der Waals surface area contributed by atoms with Crippen LogP contribution in [0.25, 0.3) is 0 Å². The van der Waals surface area contributed by atoms with Gasteiger partial charge in [0.15, 0.2) is 0 Å². The lowest BCUT2D eigenvalue weighted by molar-refractivity contribution is 0.913. The van der Waals surface area contributed by atoms with Crippen molar-refractivity contribution < 1.29 is 0 Å². The third kappa shape index (κ3) is 2.61. The lowest BCUT2D eigenvalue weighted by Crippen LogP contribution is -2.01. The van der Waals surface area contributed by atoms with Crippen molar-refractivity contribution in [1.82, 2.24) is 4.98 Å². The van der Waals surface area contributed by atoms with Crippen LogP contribution in [-0.4, -0.2) is 4.98 Å². The summed E-state index contributed by atoms with van der Waals surface area (Å²) in [6.07, 6.45) is 3.77. The van der Waals surface area contributed by atoms with Crippen LogP contribution in [-0.2, 0) is 19.4 Å². The second kappa shape index (κ2) is 5.02. The van der Waals surface area contributed by atoms with Gasteiger partial charge in [-0.15, -0.1) is 11.3 Å². The molecule has 4 heteroatoms. The van der Waals surface area contributed by atoms with E-state index in [1.54, 1.807) is 17.0 Å². The fourth-order valence-electron chi connectivity index (χ4n) is 2.48. The molecule has 3 nitrogen and oxygen atoms in total. The highest BCUT2D eigenvalue weighted by Crippen LogP contribution is 2.30. The Balaban J connectivity index is 1.72. The molecule has 0 spiro atoms. The Morgan fingerprint density at radius 3 is 3.05 bits per heavy atom. The molecule has 0 aliphatic heterocycles. The first kappa shape index (κ1) is 12.2. The summed E-state index contributed by atoms with van der Waals surface area (Å²) in [6.45, 7) is 2.70. The van der Waals surface area contributed by atoms with E-state index in [1.165, 1.54) is 29.7 Å². The van der Waals surface area contributed by atoms with Crippen LogP contribution in [0.1, 0.15) is 33.0 Å². The topological polar surface area (TPSA) is 48.7 Å². The molecule has 0 saturated heterocycles. The molecule has 2 heterocycles. The summed E-state index contributed by atoms with van der Waals surface area (Å²) >= 11 is 1.90. The van der Waals surface area contributed by atoms with Gasteiger partial charge in [-0.2, -0.15) is 5.26 Å². The Morgan fingerprint density at radius 2 is 2.26 bits per heavy atom. The van der Waals surface area contributed by atoms with Crippen LogP contribution in [0.15, 0.2) is 18.2 Å². The zero-order valence-electron chi connectivity index (χ0n) is 10.9. The Morgan fingerprint density at radius 1 is 1.37 bits per heavy atom. The normalized spacial score (nSPS) is 13.1. The maximum atomic E-state index is 8.95. The van der Waals surface area contributed by atoms with Crippen LogP contribution in [0.2, 0.25) is 0 Å². The molecule has 2 aromatic heterocycles. The van der Waals surface area contributed by atoms with E-state index in [2.05, 4.69) is 22.4 Å². The molecule has 1 aliphatic carbocycles. The number of hydrogen-bond donors (Lipinski definition) is 1. The summed E-state index contributed by atoms with van der Waals surface area (Å²) in [5, 5.41) is 12.3. The molecule has 0 fully saturated rings. The Hall–Kier alpha value is -1.86. The molecule has 96 valence electrons. The van der Waals surface area contributed by atoms with Crippen LogP contribution in [0.3, 0.4) is 0 Å². The maximum absolute atomic E-state index is 8.95. The summed E-state index contributed by atoms with van der Waals surface area (Å²) < 4.78 is 0. The second-order valence-corrected chi connectivity index (χ2v) is 6.08. The Kier molecular flexibility index (Phi) is 3.22. The monoisotopic (exact) mass is 269 g/mol. The van der Waals surface area contributed by atoms with Gasteiger partial charge in [-0.1, -0.05) is 0 Å². The van der Waals surface area contributed by atoms with Gasteiger partial charge in [-0.25, -0.2) is 4.98 Å². The molecule has 1 aliphatic rings. The number of aromatic nitrogens is 1. The highest BCUT2D eigenvalue weighted by atomic mass is 32.1. The average molecular weight is 269 g/mol. The van der Waals surface area contributed by atoms with Crippen LogP contribution < -0.4 is 5.32 Å². The molecule has 2 aromatic rings. The highest BCUT2D eigenvalue weighted by Gasteiger charge is 2.14. The van der Waals surface area contributed by atoms with Gasteiger partial charge in [-0.05, 0) is 49.9 Å². The standard InChI is InChI=1S/C15H15N3S/c1-10-5-11(8-16)6-15(18-10)17-9-13-7-12-3-2-4-14(12)19-13/h5-7H,2-4,9H2,1H3,(H,17,18). The number of nitrogens with one attached hydrogen (secondary N) is 1. The zero-order valence-corrected chi connectivity index (χ0v) is 11.7. The summed E-state index contributed by atoms with van der Waals surface area (Å²) in [5.74, 6) is 0.783. The van der Waals surface area contributed by atoms with E-state index in [9.17, 15) is 0 Å². The minimum atomic E-state index is 0.656. The largest absolute Gasteiger partial charge is 0.365 e. The van der Waals surface area contributed by atoms with Gasteiger partial charge in [0.05, 0.1) is 18.2 Å². The zero-order chi connectivity index (χ0) is 13.2. The van der Waals surface area contributed by atoms with Gasteiger partial charge < -0.3 is 5.32 Å². The number of nitriles is 1. The predicted molar refractivity (Wildman–Crippen MR) is 77.4 cm³/mol. The van der Waals surface area contributed by atoms with E-state index in [1.807, 2.05) is 18.3 Å². The smallest absolute Gasteiger partial charge is 0.127 e. The van der Waals surface area contributed by atoms with Gasteiger partial charge in [0.2, 0.25) is 0 Å². The van der Waals surface area contributed by atoms with Crippen LogP contribution >= 0.6 is 11.3 Å². The summed E-state index contributed by atoms with van der Waals surface area (Å²) in [5.41, 5.74) is 3.05. The van der Waals surface area contributed by atoms with Gasteiger partial charge in [-0.3, -0.25) is 0 Å².